The Balaban J connectivity index is 1.33. The minimum atomic E-state index is -4.65. The second kappa shape index (κ2) is 8.44. The summed E-state index contributed by atoms with van der Waals surface area (Å²) in [6.45, 7) is 5.06. The van der Waals surface area contributed by atoms with E-state index in [1.54, 1.807) is 13.8 Å². The molecule has 2 aliphatic heterocycles. The van der Waals surface area contributed by atoms with Gasteiger partial charge in [-0.1, -0.05) is 6.07 Å². The summed E-state index contributed by atoms with van der Waals surface area (Å²) < 4.78 is 51.5. The van der Waals surface area contributed by atoms with Crippen LogP contribution in [0, 0.1) is 13.8 Å². The van der Waals surface area contributed by atoms with Crippen molar-refractivity contribution in [1.29, 1.82) is 0 Å². The minimum absolute atomic E-state index is 0.00847. The van der Waals surface area contributed by atoms with E-state index in [0.29, 0.717) is 54.6 Å². The number of benzene rings is 1. The molecule has 0 N–H and O–H groups in total. The Bertz CT molecular complexity index is 1260. The highest BCUT2D eigenvalue weighted by Crippen LogP contribution is 2.38. The van der Waals surface area contributed by atoms with Crippen LogP contribution in [0.3, 0.4) is 0 Å². The van der Waals surface area contributed by atoms with E-state index in [1.165, 1.54) is 0 Å². The summed E-state index contributed by atoms with van der Waals surface area (Å²) in [5, 5.41) is 3.58. The molecule has 0 saturated carbocycles. The molecule has 0 radical (unpaired) electrons. The standard InChI is InChI=1S/C23H24F3N5O3/c1-13-16(14(2)31-22(27-13)28-21(29-31)23(24,25)26)6-8-20(32)30-9-3-4-17(30)15-5-7-18-19(12-15)34-11-10-33-18/h5,7,12,17H,3-4,6,8-11H2,1-2H3. The molecule has 0 aliphatic carbocycles. The zero-order valence-electron chi connectivity index (χ0n) is 18.9. The average Bonchev–Trinajstić information content (AvgIpc) is 3.46. The molecule has 1 atom stereocenters. The molecule has 3 aromatic rings. The van der Waals surface area contributed by atoms with Gasteiger partial charge >= 0.3 is 6.18 Å². The Hall–Kier alpha value is -3.37. The fourth-order valence-electron chi connectivity index (χ4n) is 4.74. The van der Waals surface area contributed by atoms with Crippen molar-refractivity contribution in [3.8, 4) is 11.5 Å². The topological polar surface area (TPSA) is 81.9 Å². The first-order chi connectivity index (χ1) is 16.2. The number of hydrogen-bond acceptors (Lipinski definition) is 6. The number of halogens is 3. The number of carbonyl (C=O) groups is 1. The number of hydrogen-bond donors (Lipinski definition) is 0. The van der Waals surface area contributed by atoms with E-state index < -0.39 is 12.0 Å². The monoisotopic (exact) mass is 475 g/mol. The molecule has 180 valence electrons. The molecule has 1 amide bonds. The summed E-state index contributed by atoms with van der Waals surface area (Å²) in [6, 6.07) is 5.75. The minimum Gasteiger partial charge on any atom is -0.486 e. The Morgan fingerprint density at radius 2 is 1.91 bits per heavy atom. The number of aryl methyl sites for hydroxylation is 2. The number of rotatable bonds is 4. The van der Waals surface area contributed by atoms with Crippen LogP contribution in [-0.4, -0.2) is 50.1 Å². The van der Waals surface area contributed by atoms with Gasteiger partial charge in [0.05, 0.1) is 6.04 Å². The van der Waals surface area contributed by atoms with Crippen LogP contribution in [0.5, 0.6) is 11.5 Å². The SMILES string of the molecule is Cc1nc2nc(C(F)(F)F)nn2c(C)c1CCC(=O)N1CCCC1c1ccc2c(c1)OCCO2. The molecule has 4 heterocycles. The van der Waals surface area contributed by atoms with Gasteiger partial charge in [-0.3, -0.25) is 4.79 Å². The van der Waals surface area contributed by atoms with E-state index in [4.69, 9.17) is 9.47 Å². The lowest BCUT2D eigenvalue weighted by Crippen LogP contribution is -2.31. The van der Waals surface area contributed by atoms with Crippen LogP contribution in [-0.2, 0) is 17.4 Å². The van der Waals surface area contributed by atoms with Crippen molar-refractivity contribution in [1.82, 2.24) is 24.5 Å². The molecule has 2 aliphatic rings. The van der Waals surface area contributed by atoms with Gasteiger partial charge in [0.25, 0.3) is 11.6 Å². The Morgan fingerprint density at radius 1 is 1.15 bits per heavy atom. The molecule has 5 rings (SSSR count). The van der Waals surface area contributed by atoms with Gasteiger partial charge in [0.1, 0.15) is 13.2 Å². The summed E-state index contributed by atoms with van der Waals surface area (Å²) in [5.41, 5.74) is 2.76. The van der Waals surface area contributed by atoms with Crippen LogP contribution in [0.1, 0.15) is 53.6 Å². The molecule has 34 heavy (non-hydrogen) atoms. The number of carbonyl (C=O) groups excluding carboxylic acids is 1. The molecule has 8 nitrogen and oxygen atoms in total. The molecular weight excluding hydrogens is 451 g/mol. The van der Waals surface area contributed by atoms with Gasteiger partial charge in [-0.25, -0.2) is 9.50 Å². The van der Waals surface area contributed by atoms with Crippen LogP contribution in [0.2, 0.25) is 0 Å². The first-order valence-corrected chi connectivity index (χ1v) is 11.2. The van der Waals surface area contributed by atoms with E-state index in [1.807, 2.05) is 23.1 Å². The van der Waals surface area contributed by atoms with Crippen LogP contribution >= 0.6 is 0 Å². The lowest BCUT2D eigenvalue weighted by molar-refractivity contribution is -0.144. The maximum absolute atomic E-state index is 13.2. The molecule has 0 bridgehead atoms. The third-order valence-electron chi connectivity index (χ3n) is 6.42. The van der Waals surface area contributed by atoms with Gasteiger partial charge in [0.15, 0.2) is 11.5 Å². The number of likely N-dealkylation sites (tertiary alicyclic amines) is 1. The van der Waals surface area contributed by atoms with E-state index >= 15 is 0 Å². The van der Waals surface area contributed by atoms with Crippen LogP contribution in [0.15, 0.2) is 18.2 Å². The molecule has 2 aromatic heterocycles. The van der Waals surface area contributed by atoms with Gasteiger partial charge in [-0.2, -0.15) is 18.2 Å². The first-order valence-electron chi connectivity index (χ1n) is 11.2. The summed E-state index contributed by atoms with van der Waals surface area (Å²) in [7, 11) is 0. The van der Waals surface area contributed by atoms with Crippen molar-refractivity contribution in [2.45, 2.75) is 51.7 Å². The van der Waals surface area contributed by atoms with Gasteiger partial charge in [-0.15, -0.1) is 5.10 Å². The fraction of sp³-hybridized carbons (Fsp3) is 0.478. The maximum atomic E-state index is 13.2. The lowest BCUT2D eigenvalue weighted by Gasteiger charge is -2.27. The molecule has 11 heteroatoms. The highest BCUT2D eigenvalue weighted by atomic mass is 19.4. The number of nitrogens with zero attached hydrogens (tertiary/aromatic N) is 5. The maximum Gasteiger partial charge on any atom is 0.453 e. The summed E-state index contributed by atoms with van der Waals surface area (Å²) >= 11 is 0. The predicted octanol–water partition coefficient (Wildman–Crippen LogP) is 3.83. The Kier molecular flexibility index (Phi) is 5.57. The van der Waals surface area contributed by atoms with E-state index in [9.17, 15) is 18.0 Å². The van der Waals surface area contributed by atoms with Crippen LogP contribution in [0.4, 0.5) is 13.2 Å². The summed E-state index contributed by atoms with van der Waals surface area (Å²) in [5.74, 6) is 0.0674. The van der Waals surface area contributed by atoms with E-state index in [0.717, 1.165) is 22.9 Å². The van der Waals surface area contributed by atoms with Crippen molar-refractivity contribution in [2.75, 3.05) is 19.8 Å². The zero-order chi connectivity index (χ0) is 24.0. The normalized spacial score (nSPS) is 18.0. The van der Waals surface area contributed by atoms with Gasteiger partial charge in [0, 0.05) is 24.4 Å². The van der Waals surface area contributed by atoms with Crippen molar-refractivity contribution >= 4 is 11.7 Å². The second-order valence-electron chi connectivity index (χ2n) is 8.55. The van der Waals surface area contributed by atoms with Crippen molar-refractivity contribution in [3.05, 3.63) is 46.5 Å². The number of ether oxygens (including phenoxy) is 2. The number of alkyl halides is 3. The fourth-order valence-corrected chi connectivity index (χ4v) is 4.74. The lowest BCUT2D eigenvalue weighted by atomic mass is 10.0. The Labute approximate surface area is 193 Å². The third kappa shape index (κ3) is 4.03. The van der Waals surface area contributed by atoms with Gasteiger partial charge in [-0.05, 0) is 56.4 Å². The van der Waals surface area contributed by atoms with Gasteiger partial charge < -0.3 is 14.4 Å². The predicted molar refractivity (Wildman–Crippen MR) is 115 cm³/mol. The second-order valence-corrected chi connectivity index (χ2v) is 8.55. The van der Waals surface area contributed by atoms with Crippen molar-refractivity contribution < 1.29 is 27.4 Å². The van der Waals surface area contributed by atoms with Gasteiger partial charge in [0.2, 0.25) is 5.91 Å². The van der Waals surface area contributed by atoms with Crippen molar-refractivity contribution in [3.63, 3.8) is 0 Å². The number of amides is 1. The highest BCUT2D eigenvalue weighted by molar-refractivity contribution is 5.77. The van der Waals surface area contributed by atoms with Crippen molar-refractivity contribution in [2.24, 2.45) is 0 Å². The molecule has 0 spiro atoms. The number of aromatic nitrogens is 4. The molecule has 1 unspecified atom stereocenters. The molecule has 1 aromatic carbocycles. The Morgan fingerprint density at radius 3 is 2.68 bits per heavy atom. The summed E-state index contributed by atoms with van der Waals surface area (Å²) in [4.78, 5) is 22.7. The summed E-state index contributed by atoms with van der Waals surface area (Å²) in [6.07, 6.45) is -2.32. The van der Waals surface area contributed by atoms with Crippen LogP contribution < -0.4 is 9.47 Å². The first kappa shape index (κ1) is 22.4. The smallest absolute Gasteiger partial charge is 0.453 e. The van der Waals surface area contributed by atoms with Crippen LogP contribution in [0.25, 0.3) is 5.78 Å². The zero-order valence-corrected chi connectivity index (χ0v) is 18.9. The highest BCUT2D eigenvalue weighted by Gasteiger charge is 2.37. The molecular formula is C23H24F3N5O3. The van der Waals surface area contributed by atoms with E-state index in [2.05, 4.69) is 15.1 Å². The number of fused-ring (bicyclic) bond motifs is 2. The average molecular weight is 475 g/mol. The molecule has 1 saturated heterocycles. The largest absolute Gasteiger partial charge is 0.486 e. The van der Waals surface area contributed by atoms with E-state index in [-0.39, 0.29) is 24.1 Å². The third-order valence-corrected chi connectivity index (χ3v) is 6.42. The molecule has 1 fully saturated rings. The quantitative estimate of drug-likeness (QED) is 0.571.